The summed E-state index contributed by atoms with van der Waals surface area (Å²) in [5.41, 5.74) is 0.130. The van der Waals surface area contributed by atoms with Crippen LogP contribution in [0.25, 0.3) is 0 Å². The zero-order valence-electron chi connectivity index (χ0n) is 7.73. The summed E-state index contributed by atoms with van der Waals surface area (Å²) in [4.78, 5) is 19.0. The Bertz CT molecular complexity index is 177. The molecule has 0 saturated carbocycles. The Labute approximate surface area is 104 Å². The van der Waals surface area contributed by atoms with Crippen molar-refractivity contribution < 1.29 is 53.6 Å². The summed E-state index contributed by atoms with van der Waals surface area (Å²) < 4.78 is 0. The molecule has 1 radical (unpaired) electrons. The van der Waals surface area contributed by atoms with Crippen molar-refractivity contribution >= 4 is 11.9 Å². The molecule has 0 atom stereocenters. The third-order valence-electron chi connectivity index (χ3n) is 0.697. The van der Waals surface area contributed by atoms with Crippen LogP contribution in [0.1, 0.15) is 13.8 Å². The summed E-state index contributed by atoms with van der Waals surface area (Å²) in [6, 6.07) is 0. The first kappa shape index (κ1) is 23.3. The summed E-state index contributed by atoms with van der Waals surface area (Å²) in [5, 5.41) is 19.0. The zero-order chi connectivity index (χ0) is 10.3. The van der Waals surface area contributed by atoms with E-state index in [0.29, 0.717) is 0 Å². The molecule has 0 amide bonds. The molecule has 4 nitrogen and oxygen atoms in total. The quantitative estimate of drug-likeness (QED) is 0.462. The van der Waals surface area contributed by atoms with Crippen molar-refractivity contribution in [1.29, 1.82) is 0 Å². The number of hydrogen-bond donors (Lipinski definition) is 0. The van der Waals surface area contributed by atoms with Crippen LogP contribution in [0.4, 0.5) is 0 Å². The summed E-state index contributed by atoms with van der Waals surface area (Å²) in [6.07, 6.45) is 0. The molecule has 0 aliphatic rings. The topological polar surface area (TPSA) is 80.3 Å². The average molecular weight is 285 g/mol. The van der Waals surface area contributed by atoms with Crippen molar-refractivity contribution in [2.45, 2.75) is 13.8 Å². The van der Waals surface area contributed by atoms with Crippen LogP contribution in [-0.4, -0.2) is 11.9 Å². The first-order valence-corrected chi connectivity index (χ1v) is 3.02. The van der Waals surface area contributed by atoms with E-state index >= 15 is 0 Å². The predicted octanol–water partition coefficient (Wildman–Crippen LogP) is -1.38. The summed E-state index contributed by atoms with van der Waals surface area (Å²) >= 11 is 0. The van der Waals surface area contributed by atoms with E-state index in [1.165, 1.54) is 13.8 Å². The van der Waals surface area contributed by atoms with Gasteiger partial charge in [-0.3, -0.25) is 0 Å². The van der Waals surface area contributed by atoms with E-state index in [9.17, 15) is 19.8 Å². The molecule has 14 heavy (non-hydrogen) atoms. The SMILES string of the molecule is C=C(C)C(=O)[O-].C=C(C)C(=O)[O-].[Co+2].[Fe]. The molecule has 0 aliphatic carbocycles. The van der Waals surface area contributed by atoms with E-state index in [2.05, 4.69) is 13.2 Å². The second-order valence-electron chi connectivity index (χ2n) is 2.14. The number of carboxylic acid groups (broad SMARTS) is 2. The van der Waals surface area contributed by atoms with Crippen LogP contribution in [0.2, 0.25) is 0 Å². The standard InChI is InChI=1S/2C4H6O2.Co.Fe/c2*1-3(2)4(5)6;;/h2*1H2,2H3,(H,5,6);;/q;;+2;/p-2. The molecule has 0 fully saturated rings. The number of rotatable bonds is 2. The third kappa shape index (κ3) is 22.5. The fraction of sp³-hybridized carbons (Fsp3) is 0.250. The van der Waals surface area contributed by atoms with Gasteiger partial charge in [0.25, 0.3) is 0 Å². The van der Waals surface area contributed by atoms with Gasteiger partial charge in [0.15, 0.2) is 0 Å². The minimum Gasteiger partial charge on any atom is -0.545 e. The summed E-state index contributed by atoms with van der Waals surface area (Å²) in [5.74, 6) is -2.37. The first-order valence-electron chi connectivity index (χ1n) is 3.02. The smallest absolute Gasteiger partial charge is 0.545 e. The van der Waals surface area contributed by atoms with Crippen molar-refractivity contribution in [3.63, 3.8) is 0 Å². The van der Waals surface area contributed by atoms with Crippen molar-refractivity contribution in [2.24, 2.45) is 0 Å². The molecule has 0 aliphatic heterocycles. The molecule has 83 valence electrons. The molecule has 0 spiro atoms. The average Bonchev–Trinajstić information content (AvgIpc) is 1.88. The molecule has 0 heterocycles. The van der Waals surface area contributed by atoms with E-state index in [0.717, 1.165) is 0 Å². The molecule has 0 N–H and O–H groups in total. The molecule has 0 unspecified atom stereocenters. The molecule has 0 aromatic heterocycles. The van der Waals surface area contributed by atoms with Crippen molar-refractivity contribution in [3.05, 3.63) is 24.3 Å². The van der Waals surface area contributed by atoms with E-state index < -0.39 is 11.9 Å². The Kier molecular flexibility index (Phi) is 20.8. The van der Waals surface area contributed by atoms with Crippen LogP contribution in [0.5, 0.6) is 0 Å². The zero-order valence-corrected chi connectivity index (χ0v) is 9.88. The van der Waals surface area contributed by atoms with Gasteiger partial charge in [-0.25, -0.2) is 0 Å². The second kappa shape index (κ2) is 12.4. The second-order valence-corrected chi connectivity index (χ2v) is 2.14. The number of aliphatic carboxylic acids is 2. The fourth-order valence-corrected chi connectivity index (χ4v) is 0. The van der Waals surface area contributed by atoms with E-state index in [1.54, 1.807) is 0 Å². The van der Waals surface area contributed by atoms with Gasteiger partial charge in [0.2, 0.25) is 0 Å². The van der Waals surface area contributed by atoms with Gasteiger partial charge in [0, 0.05) is 17.1 Å². The number of carbonyl (C=O) groups is 2. The third-order valence-corrected chi connectivity index (χ3v) is 0.697. The molecule has 6 heteroatoms. The van der Waals surface area contributed by atoms with Crippen molar-refractivity contribution in [3.8, 4) is 0 Å². The Morgan fingerprint density at radius 1 is 0.929 bits per heavy atom. The molecule has 0 aromatic rings. The molecule has 0 bridgehead atoms. The number of carbonyl (C=O) groups excluding carboxylic acids is 2. The van der Waals surface area contributed by atoms with Gasteiger partial charge in [-0.2, -0.15) is 0 Å². The van der Waals surface area contributed by atoms with Crippen LogP contribution in [0.15, 0.2) is 24.3 Å². The predicted molar refractivity (Wildman–Crippen MR) is 39.6 cm³/mol. The van der Waals surface area contributed by atoms with Crippen LogP contribution >= 0.6 is 0 Å². The van der Waals surface area contributed by atoms with E-state index in [4.69, 9.17) is 0 Å². The van der Waals surface area contributed by atoms with Gasteiger partial charge in [-0.1, -0.05) is 13.2 Å². The summed E-state index contributed by atoms with van der Waals surface area (Å²) in [7, 11) is 0. The van der Waals surface area contributed by atoms with E-state index in [1.807, 2.05) is 0 Å². The maximum atomic E-state index is 9.49. The number of carboxylic acids is 2. The minimum atomic E-state index is -1.19. The van der Waals surface area contributed by atoms with Gasteiger partial charge >= 0.3 is 16.8 Å². The number of hydrogen-bond acceptors (Lipinski definition) is 4. The monoisotopic (exact) mass is 285 g/mol. The van der Waals surface area contributed by atoms with Crippen molar-refractivity contribution in [2.75, 3.05) is 0 Å². The van der Waals surface area contributed by atoms with Gasteiger partial charge in [0.1, 0.15) is 0 Å². The fourth-order valence-electron chi connectivity index (χ4n) is 0. The van der Waals surface area contributed by atoms with Gasteiger partial charge in [-0.05, 0) is 25.0 Å². The van der Waals surface area contributed by atoms with Crippen LogP contribution in [0, 0.1) is 0 Å². The van der Waals surface area contributed by atoms with Gasteiger partial charge < -0.3 is 19.8 Å². The Morgan fingerprint density at radius 2 is 1.00 bits per heavy atom. The normalized spacial score (nSPS) is 6.43. The van der Waals surface area contributed by atoms with E-state index in [-0.39, 0.29) is 45.0 Å². The molecule has 0 saturated heterocycles. The van der Waals surface area contributed by atoms with Crippen molar-refractivity contribution in [1.82, 2.24) is 0 Å². The van der Waals surface area contributed by atoms with Gasteiger partial charge in [-0.15, -0.1) is 0 Å². The molecule has 0 rings (SSSR count). The molecular weight excluding hydrogens is 275 g/mol. The summed E-state index contributed by atoms with van der Waals surface area (Å²) in [6.45, 7) is 8.95. The minimum absolute atomic E-state index is 0. The maximum Gasteiger partial charge on any atom is 2.00 e. The molecular formula is C8H10CoFeO4. The Morgan fingerprint density at radius 3 is 1.00 bits per heavy atom. The first-order chi connectivity index (χ1) is 5.29. The van der Waals surface area contributed by atoms with Crippen LogP contribution < -0.4 is 10.2 Å². The van der Waals surface area contributed by atoms with Crippen LogP contribution in [-0.2, 0) is 43.4 Å². The largest absolute Gasteiger partial charge is 2.00 e. The van der Waals surface area contributed by atoms with Crippen LogP contribution in [0.3, 0.4) is 0 Å². The molecule has 0 aromatic carbocycles. The maximum absolute atomic E-state index is 9.49. The van der Waals surface area contributed by atoms with Gasteiger partial charge in [0.05, 0.1) is 11.9 Å². The Balaban J connectivity index is -0.0000000625. The Hall–Kier alpha value is -0.554.